The van der Waals surface area contributed by atoms with Gasteiger partial charge in [-0.2, -0.15) is 5.10 Å². The first kappa shape index (κ1) is 15.7. The zero-order chi connectivity index (χ0) is 17.3. The molecule has 3 aromatic rings. The molecule has 2 heterocycles. The highest BCUT2D eigenvalue weighted by Crippen LogP contribution is 2.20. The second-order valence-corrected chi connectivity index (χ2v) is 5.35. The van der Waals surface area contributed by atoms with Crippen LogP contribution in [0.4, 0.5) is 10.1 Å². The molecule has 0 aliphatic rings. The average Bonchev–Trinajstić information content (AvgIpc) is 3.07. The van der Waals surface area contributed by atoms with Crippen molar-refractivity contribution in [3.63, 3.8) is 0 Å². The summed E-state index contributed by atoms with van der Waals surface area (Å²) >= 11 is 0. The highest BCUT2D eigenvalue weighted by atomic mass is 19.1. The minimum atomic E-state index is -0.566. The number of benzene rings is 1. The molecule has 7 heteroatoms. The number of aromatic amines is 1. The molecule has 122 valence electrons. The molecule has 0 bridgehead atoms. The van der Waals surface area contributed by atoms with Gasteiger partial charge in [0.05, 0.1) is 11.4 Å². The van der Waals surface area contributed by atoms with Gasteiger partial charge in [0.2, 0.25) is 0 Å². The Labute approximate surface area is 137 Å². The van der Waals surface area contributed by atoms with Crippen molar-refractivity contribution in [3.8, 4) is 5.69 Å². The second-order valence-electron chi connectivity index (χ2n) is 5.35. The molecule has 0 fully saturated rings. The number of nitrogens with one attached hydrogen (secondary N) is 2. The Morgan fingerprint density at radius 1 is 1.25 bits per heavy atom. The summed E-state index contributed by atoms with van der Waals surface area (Å²) in [6.07, 6.45) is 3.40. The molecule has 1 aromatic carbocycles. The lowest BCUT2D eigenvalue weighted by Gasteiger charge is -2.10. The van der Waals surface area contributed by atoms with E-state index in [4.69, 9.17) is 0 Å². The fourth-order valence-corrected chi connectivity index (χ4v) is 2.38. The Hall–Kier alpha value is -3.22. The largest absolute Gasteiger partial charge is 0.322 e. The fraction of sp³-hybridized carbons (Fsp3) is 0.118. The highest BCUT2D eigenvalue weighted by molar-refractivity contribution is 6.05. The molecule has 0 atom stereocenters. The van der Waals surface area contributed by atoms with Crippen LogP contribution in [0, 0.1) is 19.7 Å². The molecule has 0 saturated heterocycles. The fourth-order valence-electron chi connectivity index (χ4n) is 2.38. The molecule has 0 spiro atoms. The molecule has 2 N–H and O–H groups in total. The van der Waals surface area contributed by atoms with E-state index < -0.39 is 17.3 Å². The standard InChI is InChI=1S/C17H15FN4O2/c1-10-11(2)20-21-17(24)15(10)16(23)19-12-5-6-13(18)14(9-12)22-7-3-4-8-22/h3-9H,1-2H3,(H,19,23)(H,21,24). The van der Waals surface area contributed by atoms with Crippen molar-refractivity contribution >= 4 is 11.6 Å². The van der Waals surface area contributed by atoms with Crippen LogP contribution in [0.3, 0.4) is 0 Å². The molecule has 0 unspecified atom stereocenters. The number of aryl methyl sites for hydroxylation is 1. The molecule has 1 amide bonds. The van der Waals surface area contributed by atoms with Crippen LogP contribution in [-0.4, -0.2) is 20.7 Å². The topological polar surface area (TPSA) is 79.8 Å². The van der Waals surface area contributed by atoms with Gasteiger partial charge in [-0.25, -0.2) is 9.49 Å². The van der Waals surface area contributed by atoms with E-state index in [0.717, 1.165) is 0 Å². The number of carbonyl (C=O) groups excluding carboxylic acids is 1. The number of nitrogens with zero attached hydrogens (tertiary/aromatic N) is 2. The Morgan fingerprint density at radius 3 is 2.67 bits per heavy atom. The molecule has 0 radical (unpaired) electrons. The number of hydrogen-bond acceptors (Lipinski definition) is 3. The number of hydrogen-bond donors (Lipinski definition) is 2. The lowest BCUT2D eigenvalue weighted by molar-refractivity contribution is 0.102. The van der Waals surface area contributed by atoms with Gasteiger partial charge >= 0.3 is 0 Å². The number of anilines is 1. The summed E-state index contributed by atoms with van der Waals surface area (Å²) < 4.78 is 15.6. The summed E-state index contributed by atoms with van der Waals surface area (Å²) in [7, 11) is 0. The quantitative estimate of drug-likeness (QED) is 0.776. The number of rotatable bonds is 3. The normalized spacial score (nSPS) is 10.6. The highest BCUT2D eigenvalue weighted by Gasteiger charge is 2.17. The van der Waals surface area contributed by atoms with E-state index >= 15 is 0 Å². The van der Waals surface area contributed by atoms with Gasteiger partial charge in [-0.15, -0.1) is 0 Å². The van der Waals surface area contributed by atoms with Gasteiger partial charge in [0.1, 0.15) is 11.4 Å². The summed E-state index contributed by atoms with van der Waals surface area (Å²) in [5.74, 6) is -0.984. The molecule has 2 aromatic heterocycles. The van der Waals surface area contributed by atoms with Gasteiger partial charge in [-0.05, 0) is 49.7 Å². The minimum Gasteiger partial charge on any atom is -0.322 e. The SMILES string of the molecule is Cc1n[nH]c(=O)c(C(=O)Nc2ccc(F)c(-n3cccc3)c2)c1C. The van der Waals surface area contributed by atoms with Crippen LogP contribution in [0.2, 0.25) is 0 Å². The first-order valence-corrected chi connectivity index (χ1v) is 7.27. The second kappa shape index (κ2) is 6.11. The van der Waals surface area contributed by atoms with Gasteiger partial charge < -0.3 is 9.88 Å². The minimum absolute atomic E-state index is 0.00524. The maximum atomic E-state index is 14.0. The molecule has 3 rings (SSSR count). The summed E-state index contributed by atoms with van der Waals surface area (Å²) in [6.45, 7) is 3.35. The molecule has 0 saturated carbocycles. The van der Waals surface area contributed by atoms with Crippen molar-refractivity contribution in [2.24, 2.45) is 0 Å². The molecular weight excluding hydrogens is 311 g/mol. The van der Waals surface area contributed by atoms with Gasteiger partial charge in [-0.1, -0.05) is 0 Å². The van der Waals surface area contributed by atoms with Crippen molar-refractivity contribution in [2.75, 3.05) is 5.32 Å². The Morgan fingerprint density at radius 2 is 1.96 bits per heavy atom. The Kier molecular flexibility index (Phi) is 3.99. The van der Waals surface area contributed by atoms with Crippen LogP contribution >= 0.6 is 0 Å². The van der Waals surface area contributed by atoms with Gasteiger partial charge in [0, 0.05) is 18.1 Å². The van der Waals surface area contributed by atoms with Gasteiger partial charge in [0.25, 0.3) is 11.5 Å². The van der Waals surface area contributed by atoms with Crippen molar-refractivity contribution in [2.45, 2.75) is 13.8 Å². The van der Waals surface area contributed by atoms with E-state index in [-0.39, 0.29) is 5.56 Å². The zero-order valence-electron chi connectivity index (χ0n) is 13.1. The number of H-pyrrole nitrogens is 1. The van der Waals surface area contributed by atoms with Crippen molar-refractivity contribution < 1.29 is 9.18 Å². The average molecular weight is 326 g/mol. The predicted octanol–water partition coefficient (Wildman–Crippen LogP) is 2.57. The first-order valence-electron chi connectivity index (χ1n) is 7.27. The Balaban J connectivity index is 1.95. The van der Waals surface area contributed by atoms with E-state index in [2.05, 4.69) is 15.5 Å². The van der Waals surface area contributed by atoms with Gasteiger partial charge in [-0.3, -0.25) is 9.59 Å². The molecule has 24 heavy (non-hydrogen) atoms. The summed E-state index contributed by atoms with van der Waals surface area (Å²) in [5.41, 5.74) is 1.18. The van der Waals surface area contributed by atoms with E-state index in [9.17, 15) is 14.0 Å². The molecule has 6 nitrogen and oxygen atoms in total. The summed E-state index contributed by atoms with van der Waals surface area (Å²) in [6, 6.07) is 7.75. The van der Waals surface area contributed by atoms with E-state index in [1.165, 1.54) is 18.2 Å². The third kappa shape index (κ3) is 2.83. The maximum Gasteiger partial charge on any atom is 0.277 e. The number of amides is 1. The summed E-state index contributed by atoms with van der Waals surface area (Å²) in [5, 5.41) is 8.74. The monoisotopic (exact) mass is 326 g/mol. The van der Waals surface area contributed by atoms with Gasteiger partial charge in [0.15, 0.2) is 0 Å². The molecule has 0 aliphatic carbocycles. The molecule has 0 aliphatic heterocycles. The smallest absolute Gasteiger partial charge is 0.277 e. The van der Waals surface area contributed by atoms with Crippen LogP contribution in [0.5, 0.6) is 0 Å². The van der Waals surface area contributed by atoms with E-state index in [1.807, 2.05) is 0 Å². The zero-order valence-corrected chi connectivity index (χ0v) is 13.1. The Bertz CT molecular complexity index is 961. The maximum absolute atomic E-state index is 14.0. The third-order valence-corrected chi connectivity index (χ3v) is 3.78. The van der Waals surface area contributed by atoms with Crippen LogP contribution < -0.4 is 10.9 Å². The van der Waals surface area contributed by atoms with E-state index in [0.29, 0.717) is 22.6 Å². The first-order chi connectivity index (χ1) is 11.5. The predicted molar refractivity (Wildman–Crippen MR) is 88.0 cm³/mol. The summed E-state index contributed by atoms with van der Waals surface area (Å²) in [4.78, 5) is 24.3. The number of halogens is 1. The molecular formula is C17H15FN4O2. The number of aromatic nitrogens is 3. The van der Waals surface area contributed by atoms with Crippen molar-refractivity contribution in [1.29, 1.82) is 0 Å². The van der Waals surface area contributed by atoms with Crippen LogP contribution in [0.15, 0.2) is 47.5 Å². The van der Waals surface area contributed by atoms with Crippen LogP contribution in [0.1, 0.15) is 21.6 Å². The van der Waals surface area contributed by atoms with Crippen molar-refractivity contribution in [1.82, 2.24) is 14.8 Å². The third-order valence-electron chi connectivity index (χ3n) is 3.78. The van der Waals surface area contributed by atoms with Crippen LogP contribution in [0.25, 0.3) is 5.69 Å². The van der Waals surface area contributed by atoms with E-state index in [1.54, 1.807) is 42.9 Å². The number of carbonyl (C=O) groups is 1. The lowest BCUT2D eigenvalue weighted by atomic mass is 10.1. The van der Waals surface area contributed by atoms with Crippen LogP contribution in [-0.2, 0) is 0 Å². The van der Waals surface area contributed by atoms with Crippen molar-refractivity contribution in [3.05, 3.63) is 75.7 Å². The lowest BCUT2D eigenvalue weighted by Crippen LogP contribution is -2.26.